The van der Waals surface area contributed by atoms with Gasteiger partial charge in [-0.2, -0.15) is 0 Å². The lowest BCUT2D eigenvalue weighted by molar-refractivity contribution is -0.144. The smallest absolute Gasteiger partial charge is 0.329 e. The fraction of sp³-hybridized carbons (Fsp3) is 0.818. The van der Waals surface area contributed by atoms with Crippen LogP contribution in [0.3, 0.4) is 0 Å². The summed E-state index contributed by atoms with van der Waals surface area (Å²) in [5.41, 5.74) is -1.16. The van der Waals surface area contributed by atoms with Gasteiger partial charge in [-0.15, -0.1) is 0 Å². The number of rotatable bonds is 8. The summed E-state index contributed by atoms with van der Waals surface area (Å²) in [5.74, 6) is -0.993. The van der Waals surface area contributed by atoms with Crippen LogP contribution in [0, 0.1) is 0 Å². The van der Waals surface area contributed by atoms with E-state index in [0.717, 1.165) is 13.0 Å². The Morgan fingerprint density at radius 1 is 1.18 bits per heavy atom. The van der Waals surface area contributed by atoms with Gasteiger partial charge in [0.15, 0.2) is 0 Å². The summed E-state index contributed by atoms with van der Waals surface area (Å²) in [7, 11) is 1.84. The Kier molecular flexibility index (Phi) is 7.29. The molecular weight excluding hydrogens is 222 g/mol. The van der Waals surface area contributed by atoms with Crippen LogP contribution < -0.4 is 16.0 Å². The highest BCUT2D eigenvalue weighted by molar-refractivity contribution is 5.86. The first-order valence-electron chi connectivity index (χ1n) is 5.96. The minimum absolute atomic E-state index is 0.364. The molecule has 2 amide bonds. The van der Waals surface area contributed by atoms with Gasteiger partial charge in [0, 0.05) is 6.54 Å². The van der Waals surface area contributed by atoms with Gasteiger partial charge in [0.25, 0.3) is 0 Å². The Labute approximate surface area is 102 Å². The van der Waals surface area contributed by atoms with Crippen LogP contribution in [0.15, 0.2) is 0 Å². The molecule has 0 spiro atoms. The van der Waals surface area contributed by atoms with Crippen molar-refractivity contribution in [1.82, 2.24) is 16.0 Å². The molecule has 0 bridgehead atoms. The van der Waals surface area contributed by atoms with E-state index in [0.29, 0.717) is 19.4 Å². The third-order valence-corrected chi connectivity index (χ3v) is 2.86. The summed E-state index contributed by atoms with van der Waals surface area (Å²) in [6.07, 6.45) is 1.54. The molecule has 0 aromatic rings. The monoisotopic (exact) mass is 245 g/mol. The molecule has 0 rings (SSSR count). The van der Waals surface area contributed by atoms with Gasteiger partial charge in [0.1, 0.15) is 5.54 Å². The van der Waals surface area contributed by atoms with E-state index in [9.17, 15) is 9.59 Å². The average Bonchev–Trinajstić information content (AvgIpc) is 2.31. The van der Waals surface area contributed by atoms with Crippen LogP contribution >= 0.6 is 0 Å². The molecule has 17 heavy (non-hydrogen) atoms. The van der Waals surface area contributed by atoms with Crippen LogP contribution in [0.5, 0.6) is 0 Å². The van der Waals surface area contributed by atoms with Crippen molar-refractivity contribution in [1.29, 1.82) is 0 Å². The minimum atomic E-state index is -1.16. The number of carbonyl (C=O) groups is 2. The highest BCUT2D eigenvalue weighted by Gasteiger charge is 2.36. The van der Waals surface area contributed by atoms with Crippen molar-refractivity contribution < 1.29 is 14.7 Å². The number of nitrogens with one attached hydrogen (secondary N) is 3. The highest BCUT2D eigenvalue weighted by atomic mass is 16.4. The Hall–Kier alpha value is -1.30. The van der Waals surface area contributed by atoms with E-state index >= 15 is 0 Å². The van der Waals surface area contributed by atoms with Crippen LogP contribution in [0.2, 0.25) is 0 Å². The van der Waals surface area contributed by atoms with Crippen LogP contribution in [-0.4, -0.2) is 42.8 Å². The Morgan fingerprint density at radius 3 is 2.18 bits per heavy atom. The van der Waals surface area contributed by atoms with Crippen molar-refractivity contribution in [3.8, 4) is 0 Å². The van der Waals surface area contributed by atoms with E-state index in [1.165, 1.54) is 0 Å². The predicted molar refractivity (Wildman–Crippen MR) is 66.0 cm³/mol. The number of urea groups is 1. The van der Waals surface area contributed by atoms with Crippen LogP contribution in [-0.2, 0) is 4.79 Å². The standard InChI is InChI=1S/C11H23N3O3/c1-4-11(5-2,9(15)16)14-10(17)13-8-6-7-12-3/h12H,4-8H2,1-3H3,(H,15,16)(H2,13,14,17). The molecular formula is C11H23N3O3. The van der Waals surface area contributed by atoms with Crippen molar-refractivity contribution in [3.63, 3.8) is 0 Å². The number of carboxylic acids is 1. The summed E-state index contributed by atoms with van der Waals surface area (Å²) in [6, 6.07) is -0.424. The second kappa shape index (κ2) is 7.89. The van der Waals surface area contributed by atoms with E-state index in [1.54, 1.807) is 13.8 Å². The number of amides is 2. The molecule has 6 heteroatoms. The number of aliphatic carboxylic acids is 1. The third kappa shape index (κ3) is 5.04. The second-order valence-corrected chi connectivity index (χ2v) is 3.93. The number of carbonyl (C=O) groups excluding carboxylic acids is 1. The normalized spacial score (nSPS) is 11.0. The van der Waals surface area contributed by atoms with Gasteiger partial charge in [0.05, 0.1) is 0 Å². The topological polar surface area (TPSA) is 90.5 Å². The third-order valence-electron chi connectivity index (χ3n) is 2.86. The quantitative estimate of drug-likeness (QED) is 0.470. The summed E-state index contributed by atoms with van der Waals surface area (Å²) in [6.45, 7) is 4.83. The first-order chi connectivity index (χ1) is 8.02. The van der Waals surface area contributed by atoms with E-state index < -0.39 is 17.5 Å². The maximum Gasteiger partial charge on any atom is 0.329 e. The molecule has 0 radical (unpaired) electrons. The highest BCUT2D eigenvalue weighted by Crippen LogP contribution is 2.14. The molecule has 0 aliphatic rings. The first-order valence-corrected chi connectivity index (χ1v) is 5.96. The molecule has 0 saturated carbocycles. The number of hydrogen-bond acceptors (Lipinski definition) is 3. The van der Waals surface area contributed by atoms with Crippen molar-refractivity contribution in [2.24, 2.45) is 0 Å². The maximum atomic E-state index is 11.5. The van der Waals surface area contributed by atoms with Gasteiger partial charge < -0.3 is 21.1 Å². The van der Waals surface area contributed by atoms with Crippen LogP contribution in [0.25, 0.3) is 0 Å². The fourth-order valence-corrected chi connectivity index (χ4v) is 1.51. The Balaban J connectivity index is 4.18. The first kappa shape index (κ1) is 15.7. The molecule has 100 valence electrons. The van der Waals surface area contributed by atoms with E-state index in [1.807, 2.05) is 7.05 Å². The molecule has 0 atom stereocenters. The summed E-state index contributed by atoms with van der Waals surface area (Å²) < 4.78 is 0. The zero-order valence-corrected chi connectivity index (χ0v) is 10.8. The van der Waals surface area contributed by atoms with Crippen molar-refractivity contribution in [2.45, 2.75) is 38.6 Å². The Morgan fingerprint density at radius 2 is 1.76 bits per heavy atom. The molecule has 6 nitrogen and oxygen atoms in total. The zero-order valence-electron chi connectivity index (χ0n) is 10.8. The molecule has 0 aromatic carbocycles. The molecule has 0 aliphatic heterocycles. The van der Waals surface area contributed by atoms with E-state index in [4.69, 9.17) is 5.11 Å². The van der Waals surface area contributed by atoms with Gasteiger partial charge in [0.2, 0.25) is 0 Å². The van der Waals surface area contributed by atoms with Crippen molar-refractivity contribution in [3.05, 3.63) is 0 Å². The average molecular weight is 245 g/mol. The second-order valence-electron chi connectivity index (χ2n) is 3.93. The fourth-order valence-electron chi connectivity index (χ4n) is 1.51. The lowest BCUT2D eigenvalue weighted by Gasteiger charge is -2.28. The van der Waals surface area contributed by atoms with Gasteiger partial charge >= 0.3 is 12.0 Å². The van der Waals surface area contributed by atoms with E-state index in [-0.39, 0.29) is 0 Å². The summed E-state index contributed by atoms with van der Waals surface area (Å²) in [4.78, 5) is 22.7. The lowest BCUT2D eigenvalue weighted by atomic mass is 9.93. The van der Waals surface area contributed by atoms with Crippen molar-refractivity contribution in [2.75, 3.05) is 20.1 Å². The van der Waals surface area contributed by atoms with E-state index in [2.05, 4.69) is 16.0 Å². The number of hydrogen-bond donors (Lipinski definition) is 4. The maximum absolute atomic E-state index is 11.5. The SMILES string of the molecule is CCC(CC)(NC(=O)NCCCNC)C(=O)O. The molecule has 0 aromatic heterocycles. The molecule has 4 N–H and O–H groups in total. The largest absolute Gasteiger partial charge is 0.480 e. The molecule has 0 heterocycles. The van der Waals surface area contributed by atoms with Crippen molar-refractivity contribution >= 4 is 12.0 Å². The Bertz CT molecular complexity index is 252. The van der Waals surface area contributed by atoms with Gasteiger partial charge in [-0.05, 0) is 32.9 Å². The zero-order chi connectivity index (χ0) is 13.3. The molecule has 0 fully saturated rings. The van der Waals surface area contributed by atoms with Gasteiger partial charge in [-0.3, -0.25) is 0 Å². The molecule has 0 unspecified atom stereocenters. The van der Waals surface area contributed by atoms with Crippen LogP contribution in [0.4, 0.5) is 4.79 Å². The number of carboxylic acid groups (broad SMARTS) is 1. The minimum Gasteiger partial charge on any atom is -0.480 e. The van der Waals surface area contributed by atoms with Crippen LogP contribution in [0.1, 0.15) is 33.1 Å². The summed E-state index contributed by atoms with van der Waals surface area (Å²) in [5, 5.41) is 17.3. The summed E-state index contributed by atoms with van der Waals surface area (Å²) >= 11 is 0. The lowest BCUT2D eigenvalue weighted by Crippen LogP contribution is -2.56. The molecule has 0 aliphatic carbocycles. The van der Waals surface area contributed by atoms with Gasteiger partial charge in [-0.1, -0.05) is 13.8 Å². The molecule has 0 saturated heterocycles. The predicted octanol–water partition coefficient (Wildman–Crippen LogP) is 0.539. The van der Waals surface area contributed by atoms with Gasteiger partial charge in [-0.25, -0.2) is 9.59 Å².